The molecule has 0 unspecified atom stereocenters. The Bertz CT molecular complexity index is 1540. The van der Waals surface area contributed by atoms with E-state index in [-0.39, 0.29) is 11.0 Å². The molecule has 0 atom stereocenters. The molecule has 1 amide bonds. The van der Waals surface area contributed by atoms with Crippen LogP contribution in [0.4, 0.5) is 0 Å². The molecule has 29 heavy (non-hydrogen) atoms. The molecule has 142 valence electrons. The summed E-state index contributed by atoms with van der Waals surface area (Å²) in [4.78, 5) is 30.4. The van der Waals surface area contributed by atoms with E-state index in [1.54, 1.807) is 24.3 Å². The van der Waals surface area contributed by atoms with Gasteiger partial charge in [0.15, 0.2) is 4.80 Å². The van der Waals surface area contributed by atoms with Gasteiger partial charge in [0.2, 0.25) is 5.43 Å². The maximum absolute atomic E-state index is 12.9. The normalized spacial score (nSPS) is 12.2. The second-order valence-corrected chi connectivity index (χ2v) is 7.63. The van der Waals surface area contributed by atoms with E-state index < -0.39 is 5.91 Å². The lowest BCUT2D eigenvalue weighted by molar-refractivity contribution is 0.0995. The third kappa shape index (κ3) is 2.80. The van der Waals surface area contributed by atoms with E-state index in [4.69, 9.17) is 4.42 Å². The molecule has 0 fully saturated rings. The van der Waals surface area contributed by atoms with Gasteiger partial charge < -0.3 is 8.98 Å². The smallest absolute Gasteiger partial charge is 0.286 e. The summed E-state index contributed by atoms with van der Waals surface area (Å²) in [7, 11) is 0. The standard InChI is InChI=1S/C23H16N2O3S/c1-2-25-18-12-11-14-7-3-4-8-15(14)21(18)29-23(25)24-22(27)17-13-28-19-10-6-5-9-16(19)20(17)26/h3-13H,2H2,1H3. The number of hydrogen-bond donors (Lipinski definition) is 0. The first-order valence-corrected chi connectivity index (χ1v) is 10.1. The summed E-state index contributed by atoms with van der Waals surface area (Å²) < 4.78 is 8.54. The molecule has 5 rings (SSSR count). The first kappa shape index (κ1) is 17.6. The average Bonchev–Trinajstić information content (AvgIpc) is 3.11. The number of rotatable bonds is 2. The summed E-state index contributed by atoms with van der Waals surface area (Å²) in [6.07, 6.45) is 1.20. The van der Waals surface area contributed by atoms with Gasteiger partial charge in [-0.3, -0.25) is 9.59 Å². The van der Waals surface area contributed by atoms with Crippen molar-refractivity contribution in [2.24, 2.45) is 4.99 Å². The SMILES string of the molecule is CCn1c(=NC(=O)c2coc3ccccc3c2=O)sc2c3ccccc3ccc21. The fourth-order valence-corrected chi connectivity index (χ4v) is 4.79. The third-order valence-electron chi connectivity index (χ3n) is 5.00. The van der Waals surface area contributed by atoms with E-state index in [2.05, 4.69) is 23.2 Å². The highest BCUT2D eigenvalue weighted by atomic mass is 32.1. The van der Waals surface area contributed by atoms with Crippen LogP contribution in [-0.4, -0.2) is 10.5 Å². The number of hydrogen-bond acceptors (Lipinski definition) is 4. The monoisotopic (exact) mass is 400 g/mol. The Labute approximate surface area is 169 Å². The van der Waals surface area contributed by atoms with Crippen LogP contribution in [0, 0.1) is 0 Å². The second kappa shape index (κ2) is 6.83. The van der Waals surface area contributed by atoms with Gasteiger partial charge >= 0.3 is 0 Å². The van der Waals surface area contributed by atoms with E-state index in [9.17, 15) is 9.59 Å². The van der Waals surface area contributed by atoms with E-state index in [1.807, 2.05) is 29.7 Å². The highest BCUT2D eigenvalue weighted by molar-refractivity contribution is 7.17. The van der Waals surface area contributed by atoms with Crippen LogP contribution in [0.25, 0.3) is 32.0 Å². The minimum atomic E-state index is -0.595. The van der Waals surface area contributed by atoms with E-state index in [1.165, 1.54) is 17.6 Å². The van der Waals surface area contributed by atoms with E-state index >= 15 is 0 Å². The number of fused-ring (bicyclic) bond motifs is 4. The van der Waals surface area contributed by atoms with Crippen LogP contribution in [0.5, 0.6) is 0 Å². The molecule has 0 aliphatic heterocycles. The van der Waals surface area contributed by atoms with Crippen LogP contribution < -0.4 is 10.2 Å². The summed E-state index contributed by atoms with van der Waals surface area (Å²) in [6, 6.07) is 19.1. The summed E-state index contributed by atoms with van der Waals surface area (Å²) >= 11 is 1.45. The highest BCUT2D eigenvalue weighted by Crippen LogP contribution is 2.27. The number of aromatic nitrogens is 1. The Balaban J connectivity index is 1.73. The molecule has 2 aromatic heterocycles. The summed E-state index contributed by atoms with van der Waals surface area (Å²) in [5, 5.41) is 2.63. The van der Waals surface area contributed by atoms with Gasteiger partial charge in [-0.15, -0.1) is 0 Å². The fraction of sp³-hybridized carbons (Fsp3) is 0.0870. The van der Waals surface area contributed by atoms with Crippen LogP contribution >= 0.6 is 11.3 Å². The number of benzene rings is 3. The minimum absolute atomic E-state index is 0.0614. The molecule has 0 N–H and O–H groups in total. The number of aryl methyl sites for hydroxylation is 1. The zero-order valence-corrected chi connectivity index (χ0v) is 16.4. The summed E-state index contributed by atoms with van der Waals surface area (Å²) in [6.45, 7) is 2.67. The quantitative estimate of drug-likeness (QED) is 0.431. The molecule has 0 aliphatic carbocycles. The molecule has 0 saturated heterocycles. The van der Waals surface area contributed by atoms with Crippen LogP contribution in [0.2, 0.25) is 0 Å². The first-order valence-electron chi connectivity index (χ1n) is 9.28. The number of nitrogens with zero attached hydrogens (tertiary/aromatic N) is 2. The number of amides is 1. The largest absolute Gasteiger partial charge is 0.463 e. The fourth-order valence-electron chi connectivity index (χ4n) is 3.56. The van der Waals surface area contributed by atoms with Gasteiger partial charge in [0.25, 0.3) is 5.91 Å². The number of thiazole rings is 1. The van der Waals surface area contributed by atoms with Gasteiger partial charge in [-0.05, 0) is 30.5 Å². The predicted octanol–water partition coefficient (Wildman–Crippen LogP) is 4.72. The Morgan fingerprint density at radius 1 is 1.03 bits per heavy atom. The first-order chi connectivity index (χ1) is 14.2. The molecule has 5 aromatic rings. The lowest BCUT2D eigenvalue weighted by Crippen LogP contribution is -2.19. The van der Waals surface area contributed by atoms with Gasteiger partial charge in [-0.25, -0.2) is 0 Å². The van der Waals surface area contributed by atoms with Gasteiger partial charge in [0.1, 0.15) is 17.4 Å². The lowest BCUT2D eigenvalue weighted by atomic mass is 10.1. The van der Waals surface area contributed by atoms with Crippen LogP contribution in [0.3, 0.4) is 0 Å². The van der Waals surface area contributed by atoms with Crippen molar-refractivity contribution in [3.8, 4) is 0 Å². The van der Waals surface area contributed by atoms with Gasteiger partial charge in [0, 0.05) is 11.9 Å². The Morgan fingerprint density at radius 3 is 2.62 bits per heavy atom. The zero-order valence-electron chi connectivity index (χ0n) is 15.6. The number of carbonyl (C=O) groups excluding carboxylic acids is 1. The molecule has 0 spiro atoms. The minimum Gasteiger partial charge on any atom is -0.463 e. The highest BCUT2D eigenvalue weighted by Gasteiger charge is 2.15. The maximum Gasteiger partial charge on any atom is 0.286 e. The van der Waals surface area contributed by atoms with Gasteiger partial charge in [-0.2, -0.15) is 4.99 Å². The molecular weight excluding hydrogens is 384 g/mol. The van der Waals surface area contributed by atoms with E-state index in [0.717, 1.165) is 21.0 Å². The summed E-state index contributed by atoms with van der Waals surface area (Å²) in [5.41, 5.74) is 1.04. The third-order valence-corrected chi connectivity index (χ3v) is 6.13. The predicted molar refractivity (Wildman–Crippen MR) is 115 cm³/mol. The van der Waals surface area contributed by atoms with Crippen molar-refractivity contribution < 1.29 is 9.21 Å². The van der Waals surface area contributed by atoms with Crippen molar-refractivity contribution in [1.29, 1.82) is 0 Å². The van der Waals surface area contributed by atoms with Crippen molar-refractivity contribution in [2.75, 3.05) is 0 Å². The van der Waals surface area contributed by atoms with Gasteiger partial charge in [-0.1, -0.05) is 53.8 Å². The molecule has 0 saturated carbocycles. The van der Waals surface area contributed by atoms with E-state index in [0.29, 0.717) is 22.3 Å². The van der Waals surface area contributed by atoms with Crippen LogP contribution in [0.15, 0.2) is 81.1 Å². The number of para-hydroxylation sites is 1. The Morgan fingerprint density at radius 2 is 1.79 bits per heavy atom. The molecule has 0 radical (unpaired) electrons. The molecule has 3 aromatic carbocycles. The Hall–Kier alpha value is -3.51. The maximum atomic E-state index is 12.9. The second-order valence-electron chi connectivity index (χ2n) is 6.66. The Kier molecular flexibility index (Phi) is 4.14. The molecule has 2 heterocycles. The zero-order chi connectivity index (χ0) is 20.0. The molecule has 0 aliphatic rings. The van der Waals surface area contributed by atoms with Crippen molar-refractivity contribution in [3.63, 3.8) is 0 Å². The molecule has 0 bridgehead atoms. The van der Waals surface area contributed by atoms with Crippen molar-refractivity contribution in [1.82, 2.24) is 4.57 Å². The lowest BCUT2D eigenvalue weighted by Gasteiger charge is -2.02. The molecular formula is C23H16N2O3S. The molecule has 5 nitrogen and oxygen atoms in total. The number of carbonyl (C=O) groups is 1. The van der Waals surface area contributed by atoms with Crippen molar-refractivity contribution in [3.05, 3.63) is 87.5 Å². The van der Waals surface area contributed by atoms with Crippen LogP contribution in [0.1, 0.15) is 17.3 Å². The van der Waals surface area contributed by atoms with Crippen LogP contribution in [-0.2, 0) is 6.54 Å². The topological polar surface area (TPSA) is 64.6 Å². The molecule has 6 heteroatoms. The summed E-state index contributed by atoms with van der Waals surface area (Å²) in [5.74, 6) is -0.595. The van der Waals surface area contributed by atoms with Crippen molar-refractivity contribution >= 4 is 49.2 Å². The average molecular weight is 400 g/mol. The van der Waals surface area contributed by atoms with Crippen molar-refractivity contribution in [2.45, 2.75) is 13.5 Å². The van der Waals surface area contributed by atoms with Gasteiger partial charge in [0.05, 0.1) is 15.6 Å².